The number of phosphoric acid groups is 1. The molecule has 4 N–H and O–H groups in total. The Morgan fingerprint density at radius 1 is 0.682 bits per heavy atom. The van der Waals surface area contributed by atoms with Gasteiger partial charge in [-0.3, -0.25) is 23.4 Å². The zero-order valence-electron chi connectivity index (χ0n) is 27.3. The molecular weight excluding hydrogens is 589 g/mol. The number of phosphoric ester groups is 1. The predicted molar refractivity (Wildman–Crippen MR) is 171 cm³/mol. The fraction of sp³-hybridized carbons (Fsp3) is 0.844. The lowest BCUT2D eigenvalue weighted by Crippen LogP contribution is -2.34. The number of unbranched alkanes of at least 4 members (excludes halogenated alkanes) is 15. The molecule has 0 amide bonds. The fourth-order valence-electron chi connectivity index (χ4n) is 4.29. The standard InChI is InChI=1S/C32H60NO10P/c1-3-5-7-9-11-12-13-14-15-16-18-19-21-23-30(34)40-25-28(26-41-44(38,39)42-27-29(33)32(36)37)43-31(35)24-22-20-17-10-8-6-4-2/h14-15,28-29H,3-13,16-27,33H2,1-2H3,(H,36,37)(H,38,39)/b15-14+/t28-,29+/m0/s1. The number of allylic oxidation sites excluding steroid dienone is 2. The van der Waals surface area contributed by atoms with Crippen LogP contribution in [0.25, 0.3) is 0 Å². The molecule has 44 heavy (non-hydrogen) atoms. The van der Waals surface area contributed by atoms with E-state index in [4.69, 9.17) is 24.8 Å². The molecule has 0 aliphatic carbocycles. The third-order valence-corrected chi connectivity index (χ3v) is 7.96. The fourth-order valence-corrected chi connectivity index (χ4v) is 5.07. The first-order chi connectivity index (χ1) is 21.1. The van der Waals surface area contributed by atoms with Gasteiger partial charge in [0, 0.05) is 12.8 Å². The van der Waals surface area contributed by atoms with Crippen LogP contribution in [0.1, 0.15) is 142 Å². The predicted octanol–water partition coefficient (Wildman–Crippen LogP) is 7.38. The van der Waals surface area contributed by atoms with Crippen LogP contribution in [-0.2, 0) is 37.5 Å². The third-order valence-electron chi connectivity index (χ3n) is 7.01. The topological polar surface area (TPSA) is 172 Å². The van der Waals surface area contributed by atoms with E-state index in [1.807, 2.05) is 0 Å². The van der Waals surface area contributed by atoms with Crippen LogP contribution in [0.4, 0.5) is 0 Å². The van der Waals surface area contributed by atoms with E-state index in [-0.39, 0.29) is 19.4 Å². The molecule has 0 saturated heterocycles. The highest BCUT2D eigenvalue weighted by atomic mass is 31.2. The molecule has 3 atom stereocenters. The van der Waals surface area contributed by atoms with Gasteiger partial charge in [-0.25, -0.2) is 4.57 Å². The number of carbonyl (C=O) groups excluding carboxylic acids is 2. The molecule has 258 valence electrons. The van der Waals surface area contributed by atoms with Crippen molar-refractivity contribution in [3.8, 4) is 0 Å². The van der Waals surface area contributed by atoms with Crippen LogP contribution in [-0.4, -0.2) is 59.9 Å². The molecule has 0 aromatic rings. The van der Waals surface area contributed by atoms with Crippen molar-refractivity contribution >= 4 is 25.7 Å². The summed E-state index contributed by atoms with van der Waals surface area (Å²) in [5.41, 5.74) is 5.28. The van der Waals surface area contributed by atoms with E-state index in [0.29, 0.717) is 12.8 Å². The number of carboxylic acid groups (broad SMARTS) is 1. The minimum atomic E-state index is -4.70. The highest BCUT2D eigenvalue weighted by Crippen LogP contribution is 2.43. The van der Waals surface area contributed by atoms with E-state index in [9.17, 15) is 23.8 Å². The average Bonchev–Trinajstić information content (AvgIpc) is 2.99. The monoisotopic (exact) mass is 649 g/mol. The molecule has 0 aliphatic heterocycles. The van der Waals surface area contributed by atoms with Gasteiger partial charge in [-0.2, -0.15) is 0 Å². The van der Waals surface area contributed by atoms with Crippen molar-refractivity contribution in [1.29, 1.82) is 0 Å². The molecule has 0 fully saturated rings. The summed E-state index contributed by atoms with van der Waals surface area (Å²) in [6.07, 6.45) is 23.2. The number of hydrogen-bond acceptors (Lipinski definition) is 9. The normalized spacial score (nSPS) is 14.3. The van der Waals surface area contributed by atoms with Crippen LogP contribution in [0, 0.1) is 0 Å². The minimum Gasteiger partial charge on any atom is -0.480 e. The molecule has 0 radical (unpaired) electrons. The molecule has 12 heteroatoms. The van der Waals surface area contributed by atoms with Gasteiger partial charge in [0.1, 0.15) is 12.6 Å². The summed E-state index contributed by atoms with van der Waals surface area (Å²) in [6, 6.07) is -1.52. The summed E-state index contributed by atoms with van der Waals surface area (Å²) < 4.78 is 32.3. The minimum absolute atomic E-state index is 0.159. The van der Waals surface area contributed by atoms with E-state index in [2.05, 4.69) is 30.5 Å². The molecule has 11 nitrogen and oxygen atoms in total. The zero-order valence-corrected chi connectivity index (χ0v) is 28.2. The second-order valence-corrected chi connectivity index (χ2v) is 12.8. The van der Waals surface area contributed by atoms with E-state index in [1.165, 1.54) is 51.4 Å². The van der Waals surface area contributed by atoms with Crippen molar-refractivity contribution in [2.45, 2.75) is 154 Å². The molecule has 0 aromatic heterocycles. The van der Waals surface area contributed by atoms with Crippen molar-refractivity contribution < 1.29 is 47.5 Å². The largest absolute Gasteiger partial charge is 0.480 e. The molecule has 1 unspecified atom stereocenters. The lowest BCUT2D eigenvalue weighted by atomic mass is 10.1. The Kier molecular flexibility index (Phi) is 27.5. The second-order valence-electron chi connectivity index (χ2n) is 11.3. The summed E-state index contributed by atoms with van der Waals surface area (Å²) in [7, 11) is -4.70. The molecule has 0 bridgehead atoms. The van der Waals surface area contributed by atoms with Gasteiger partial charge in [-0.15, -0.1) is 0 Å². The number of rotatable bonds is 31. The highest BCUT2D eigenvalue weighted by Gasteiger charge is 2.28. The lowest BCUT2D eigenvalue weighted by molar-refractivity contribution is -0.161. The van der Waals surface area contributed by atoms with Crippen molar-refractivity contribution in [2.75, 3.05) is 19.8 Å². The van der Waals surface area contributed by atoms with Crippen LogP contribution in [0.2, 0.25) is 0 Å². The summed E-state index contributed by atoms with van der Waals surface area (Å²) in [6.45, 7) is 2.68. The maximum atomic E-state index is 12.4. The number of carbonyl (C=O) groups is 3. The lowest BCUT2D eigenvalue weighted by Gasteiger charge is -2.20. The zero-order chi connectivity index (χ0) is 32.9. The van der Waals surface area contributed by atoms with Crippen LogP contribution in [0.3, 0.4) is 0 Å². The molecule has 0 saturated carbocycles. The first-order valence-corrected chi connectivity index (χ1v) is 18.2. The number of nitrogens with two attached hydrogens (primary N) is 1. The maximum Gasteiger partial charge on any atom is 0.472 e. The van der Waals surface area contributed by atoms with Gasteiger partial charge in [-0.1, -0.05) is 103 Å². The number of aliphatic carboxylic acids is 1. The van der Waals surface area contributed by atoms with E-state index in [1.54, 1.807) is 0 Å². The highest BCUT2D eigenvalue weighted by molar-refractivity contribution is 7.47. The van der Waals surface area contributed by atoms with Crippen LogP contribution >= 0.6 is 7.82 Å². The molecule has 0 aromatic carbocycles. The Hall–Kier alpha value is -1.78. The third kappa shape index (κ3) is 27.7. The number of carboxylic acids is 1. The molecule has 0 spiro atoms. The Bertz CT molecular complexity index is 823. The van der Waals surface area contributed by atoms with Crippen LogP contribution in [0.15, 0.2) is 12.2 Å². The number of ether oxygens (including phenoxy) is 2. The quantitative estimate of drug-likeness (QED) is 0.0296. The van der Waals surface area contributed by atoms with Gasteiger partial charge in [-0.05, 0) is 38.5 Å². The molecule has 0 rings (SSSR count). The van der Waals surface area contributed by atoms with Crippen molar-refractivity contribution in [3.05, 3.63) is 12.2 Å². The first-order valence-electron chi connectivity index (χ1n) is 16.7. The van der Waals surface area contributed by atoms with Crippen LogP contribution < -0.4 is 5.73 Å². The van der Waals surface area contributed by atoms with Gasteiger partial charge >= 0.3 is 25.7 Å². The molecule has 0 aliphatic rings. The Morgan fingerprint density at radius 2 is 1.14 bits per heavy atom. The number of hydrogen-bond donors (Lipinski definition) is 3. The Morgan fingerprint density at radius 3 is 1.68 bits per heavy atom. The van der Waals surface area contributed by atoms with Gasteiger partial charge in [0.15, 0.2) is 6.10 Å². The summed E-state index contributed by atoms with van der Waals surface area (Å²) in [4.78, 5) is 45.3. The summed E-state index contributed by atoms with van der Waals surface area (Å²) >= 11 is 0. The van der Waals surface area contributed by atoms with Gasteiger partial charge in [0.2, 0.25) is 0 Å². The molecular formula is C32H60NO10P. The van der Waals surface area contributed by atoms with Gasteiger partial charge in [0.25, 0.3) is 0 Å². The number of esters is 2. The smallest absolute Gasteiger partial charge is 0.472 e. The maximum absolute atomic E-state index is 12.4. The second kappa shape index (κ2) is 28.7. The van der Waals surface area contributed by atoms with E-state index >= 15 is 0 Å². The van der Waals surface area contributed by atoms with Crippen molar-refractivity contribution in [1.82, 2.24) is 0 Å². The average molecular weight is 650 g/mol. The van der Waals surface area contributed by atoms with Gasteiger partial charge < -0.3 is 25.2 Å². The Balaban J connectivity index is 4.48. The van der Waals surface area contributed by atoms with Crippen molar-refractivity contribution in [2.24, 2.45) is 5.73 Å². The van der Waals surface area contributed by atoms with Crippen LogP contribution in [0.5, 0.6) is 0 Å². The van der Waals surface area contributed by atoms with Gasteiger partial charge in [0.05, 0.1) is 13.2 Å². The first kappa shape index (κ1) is 42.2. The van der Waals surface area contributed by atoms with E-state index in [0.717, 1.165) is 51.4 Å². The SMILES string of the molecule is CCCCCCCC/C=C/CCCCCC(=O)OC[C@@H](COP(=O)(O)OC[C@@H](N)C(=O)O)OC(=O)CCCCCCCCC. The Labute approximate surface area is 265 Å². The van der Waals surface area contributed by atoms with Crippen molar-refractivity contribution in [3.63, 3.8) is 0 Å². The van der Waals surface area contributed by atoms with E-state index < -0.39 is 51.1 Å². The molecule has 0 heterocycles. The summed E-state index contributed by atoms with van der Waals surface area (Å²) in [5, 5.41) is 8.81. The summed E-state index contributed by atoms with van der Waals surface area (Å²) in [5.74, 6) is -2.41.